The van der Waals surface area contributed by atoms with Crippen molar-refractivity contribution >= 4 is 34.0 Å². The van der Waals surface area contributed by atoms with Crippen LogP contribution in [0.1, 0.15) is 39.5 Å². The Balaban J connectivity index is 1.60. The predicted octanol–water partition coefficient (Wildman–Crippen LogP) is 3.03. The SMILES string of the molecule is CCOC(=O)N1CCc2c(sc3c2C(=O)N[C@@H](c2cccc([N+](=O)[O-])c2)N3)C1. The lowest BCUT2D eigenvalue weighted by Gasteiger charge is -2.28. The molecule has 0 bridgehead atoms. The number of carbonyl (C=O) groups is 2. The van der Waals surface area contributed by atoms with Crippen molar-refractivity contribution in [3.05, 3.63) is 55.9 Å². The first kappa shape index (κ1) is 18.2. The average molecular weight is 402 g/mol. The number of fused-ring (bicyclic) bond motifs is 3. The second-order valence-electron chi connectivity index (χ2n) is 6.48. The van der Waals surface area contributed by atoms with Gasteiger partial charge in [-0.05, 0) is 18.9 Å². The number of nitrogens with one attached hydrogen (secondary N) is 2. The summed E-state index contributed by atoms with van der Waals surface area (Å²) in [6, 6.07) is 6.17. The van der Waals surface area contributed by atoms with Crippen molar-refractivity contribution in [3.63, 3.8) is 0 Å². The fourth-order valence-electron chi connectivity index (χ4n) is 3.47. The third-order valence-electron chi connectivity index (χ3n) is 4.78. The standard InChI is InChI=1S/C18H18N4O5S/c1-2-27-18(24)21-7-6-12-13(9-21)28-17-14(12)16(23)19-15(20-17)10-4-3-5-11(8-10)22(25)26/h3-5,8,15,20H,2,6-7,9H2,1H3,(H,19,23)/t15-/m1/s1. The molecule has 1 aromatic carbocycles. The minimum atomic E-state index is -0.554. The molecular weight excluding hydrogens is 384 g/mol. The molecule has 0 spiro atoms. The van der Waals surface area contributed by atoms with Gasteiger partial charge in [0.2, 0.25) is 0 Å². The molecule has 3 heterocycles. The summed E-state index contributed by atoms with van der Waals surface area (Å²) in [6.45, 7) is 2.98. The van der Waals surface area contributed by atoms with Gasteiger partial charge in [-0.1, -0.05) is 12.1 Å². The lowest BCUT2D eigenvalue weighted by molar-refractivity contribution is -0.384. The molecule has 0 aliphatic carbocycles. The molecule has 0 unspecified atom stereocenters. The second-order valence-corrected chi connectivity index (χ2v) is 7.59. The molecule has 28 heavy (non-hydrogen) atoms. The number of anilines is 1. The van der Waals surface area contributed by atoms with Gasteiger partial charge in [0.15, 0.2) is 0 Å². The summed E-state index contributed by atoms with van der Waals surface area (Å²) in [7, 11) is 0. The molecule has 2 aliphatic rings. The van der Waals surface area contributed by atoms with Crippen molar-refractivity contribution in [2.45, 2.75) is 26.1 Å². The summed E-state index contributed by atoms with van der Waals surface area (Å²) in [4.78, 5) is 37.9. The van der Waals surface area contributed by atoms with E-state index in [1.54, 1.807) is 24.0 Å². The van der Waals surface area contributed by atoms with Crippen molar-refractivity contribution in [1.29, 1.82) is 0 Å². The first-order valence-electron chi connectivity index (χ1n) is 8.86. The van der Waals surface area contributed by atoms with Crippen LogP contribution in [-0.4, -0.2) is 35.0 Å². The first-order chi connectivity index (χ1) is 13.5. The third kappa shape index (κ3) is 3.15. The lowest BCUT2D eigenvalue weighted by Crippen LogP contribution is -2.39. The zero-order chi connectivity index (χ0) is 19.8. The number of amides is 2. The zero-order valence-corrected chi connectivity index (χ0v) is 15.9. The van der Waals surface area contributed by atoms with E-state index in [9.17, 15) is 19.7 Å². The van der Waals surface area contributed by atoms with Crippen molar-refractivity contribution in [2.75, 3.05) is 18.5 Å². The summed E-state index contributed by atoms with van der Waals surface area (Å²) < 4.78 is 5.07. The Hall–Kier alpha value is -3.14. The molecule has 0 fully saturated rings. The van der Waals surface area contributed by atoms with Gasteiger partial charge in [-0.15, -0.1) is 11.3 Å². The van der Waals surface area contributed by atoms with Gasteiger partial charge < -0.3 is 20.3 Å². The fourth-order valence-corrected chi connectivity index (χ4v) is 4.76. The van der Waals surface area contributed by atoms with Gasteiger partial charge in [-0.25, -0.2) is 4.79 Å². The minimum Gasteiger partial charge on any atom is -0.450 e. The summed E-state index contributed by atoms with van der Waals surface area (Å²) in [6.07, 6.45) is -0.330. The molecule has 9 nitrogen and oxygen atoms in total. The van der Waals surface area contributed by atoms with Crippen LogP contribution in [0.5, 0.6) is 0 Å². The predicted molar refractivity (Wildman–Crippen MR) is 102 cm³/mol. The molecule has 10 heteroatoms. The monoisotopic (exact) mass is 402 g/mol. The summed E-state index contributed by atoms with van der Waals surface area (Å²) in [5.74, 6) is -0.215. The molecular formula is C18H18N4O5S. The van der Waals surface area contributed by atoms with Crippen LogP contribution >= 0.6 is 11.3 Å². The highest BCUT2D eigenvalue weighted by Gasteiger charge is 2.34. The van der Waals surface area contributed by atoms with Crippen LogP contribution in [0.2, 0.25) is 0 Å². The largest absolute Gasteiger partial charge is 0.450 e. The molecule has 0 radical (unpaired) electrons. The highest BCUT2D eigenvalue weighted by molar-refractivity contribution is 7.16. The highest BCUT2D eigenvalue weighted by Crippen LogP contribution is 2.41. The van der Waals surface area contributed by atoms with E-state index in [1.807, 2.05) is 0 Å². The third-order valence-corrected chi connectivity index (χ3v) is 5.92. The molecule has 1 aromatic heterocycles. The summed E-state index contributed by atoms with van der Waals surface area (Å²) in [5.41, 5.74) is 2.12. The number of carbonyl (C=O) groups excluding carboxylic acids is 2. The maximum atomic E-state index is 12.8. The van der Waals surface area contributed by atoms with Crippen LogP contribution in [0.25, 0.3) is 0 Å². The normalized spacial score (nSPS) is 17.8. The number of benzene rings is 1. The molecule has 2 aromatic rings. The van der Waals surface area contributed by atoms with E-state index < -0.39 is 11.1 Å². The van der Waals surface area contributed by atoms with Crippen molar-refractivity contribution in [2.24, 2.45) is 0 Å². The smallest absolute Gasteiger partial charge is 0.410 e. The minimum absolute atomic E-state index is 0.0325. The van der Waals surface area contributed by atoms with E-state index >= 15 is 0 Å². The second kappa shape index (κ2) is 7.12. The van der Waals surface area contributed by atoms with Gasteiger partial charge in [0, 0.05) is 29.1 Å². The molecule has 0 saturated carbocycles. The van der Waals surface area contributed by atoms with E-state index in [0.29, 0.717) is 37.2 Å². The number of rotatable bonds is 3. The van der Waals surface area contributed by atoms with E-state index in [4.69, 9.17) is 4.74 Å². The average Bonchev–Trinajstić information content (AvgIpc) is 3.06. The number of hydrogen-bond donors (Lipinski definition) is 2. The lowest BCUT2D eigenvalue weighted by atomic mass is 10.0. The maximum Gasteiger partial charge on any atom is 0.410 e. The Bertz CT molecular complexity index is 973. The molecule has 4 rings (SSSR count). The van der Waals surface area contributed by atoms with Crippen LogP contribution in [0.4, 0.5) is 15.5 Å². The van der Waals surface area contributed by atoms with E-state index in [-0.39, 0.29) is 17.7 Å². The number of nitrogens with zero attached hydrogens (tertiary/aromatic N) is 2. The topological polar surface area (TPSA) is 114 Å². The Morgan fingerprint density at radius 2 is 2.25 bits per heavy atom. The van der Waals surface area contributed by atoms with Gasteiger partial charge in [-0.2, -0.15) is 0 Å². The Kier molecular flexibility index (Phi) is 4.63. The molecule has 2 N–H and O–H groups in total. The fraction of sp³-hybridized carbons (Fsp3) is 0.333. The van der Waals surface area contributed by atoms with Gasteiger partial charge >= 0.3 is 6.09 Å². The zero-order valence-electron chi connectivity index (χ0n) is 15.1. The van der Waals surface area contributed by atoms with Crippen LogP contribution in [0.3, 0.4) is 0 Å². The Morgan fingerprint density at radius 3 is 3.00 bits per heavy atom. The maximum absolute atomic E-state index is 12.8. The van der Waals surface area contributed by atoms with E-state index in [1.165, 1.54) is 23.5 Å². The number of ether oxygens (including phenoxy) is 1. The first-order valence-corrected chi connectivity index (χ1v) is 9.67. The summed E-state index contributed by atoms with van der Waals surface area (Å²) >= 11 is 1.43. The highest BCUT2D eigenvalue weighted by atomic mass is 32.1. The van der Waals surface area contributed by atoms with Crippen LogP contribution in [0, 0.1) is 10.1 Å². The van der Waals surface area contributed by atoms with E-state index in [0.717, 1.165) is 15.4 Å². The van der Waals surface area contributed by atoms with Crippen LogP contribution in [0.15, 0.2) is 24.3 Å². The Morgan fingerprint density at radius 1 is 1.43 bits per heavy atom. The van der Waals surface area contributed by atoms with Gasteiger partial charge in [-0.3, -0.25) is 14.9 Å². The van der Waals surface area contributed by atoms with Crippen LogP contribution < -0.4 is 10.6 Å². The van der Waals surface area contributed by atoms with Gasteiger partial charge in [0.25, 0.3) is 11.6 Å². The van der Waals surface area contributed by atoms with Crippen molar-refractivity contribution in [3.8, 4) is 0 Å². The van der Waals surface area contributed by atoms with Crippen molar-refractivity contribution < 1.29 is 19.2 Å². The Labute approximate surface area is 164 Å². The quantitative estimate of drug-likeness (QED) is 0.603. The van der Waals surface area contributed by atoms with Crippen LogP contribution in [-0.2, 0) is 17.7 Å². The number of nitro groups is 1. The molecule has 2 amide bonds. The number of hydrogen-bond acceptors (Lipinski definition) is 7. The number of thiophene rings is 1. The number of nitro benzene ring substituents is 1. The summed E-state index contributed by atoms with van der Waals surface area (Å²) in [5, 5.41) is 17.9. The van der Waals surface area contributed by atoms with Crippen molar-refractivity contribution in [1.82, 2.24) is 10.2 Å². The van der Waals surface area contributed by atoms with Gasteiger partial charge in [0.05, 0.1) is 23.6 Å². The number of non-ortho nitro benzene ring substituents is 1. The molecule has 0 saturated heterocycles. The molecule has 1 atom stereocenters. The van der Waals surface area contributed by atoms with E-state index in [2.05, 4.69) is 10.6 Å². The van der Waals surface area contributed by atoms with Gasteiger partial charge in [0.1, 0.15) is 11.2 Å². The molecule has 2 aliphatic heterocycles. The molecule has 146 valence electrons.